The van der Waals surface area contributed by atoms with E-state index in [4.69, 9.17) is 23.7 Å². The van der Waals surface area contributed by atoms with Gasteiger partial charge in [-0.15, -0.1) is 0 Å². The monoisotopic (exact) mass is 850 g/mol. The lowest BCUT2D eigenvalue weighted by atomic mass is 9.33. The quantitative estimate of drug-likeness (QED) is 0.138. The van der Waals surface area contributed by atoms with Gasteiger partial charge in [0.2, 0.25) is 0 Å². The van der Waals surface area contributed by atoms with E-state index in [0.717, 1.165) is 25.5 Å². The van der Waals surface area contributed by atoms with Crippen LogP contribution in [0.4, 0.5) is 0 Å². The maximum Gasteiger partial charge on any atom is 0.337 e. The minimum Gasteiger partial charge on any atom is -0.479 e. The first-order chi connectivity index (χ1) is 28.0. The number of aliphatic carboxylic acids is 1. The Bertz CT molecular complexity index is 1820. The molecule has 0 spiro atoms. The van der Waals surface area contributed by atoms with Gasteiger partial charge in [0.05, 0.1) is 25.2 Å². The Kier molecular flexibility index (Phi) is 10.6. The first-order valence-corrected chi connectivity index (χ1v) is 21.4. The highest BCUT2D eigenvalue weighted by Gasteiger charge is 2.73. The molecular weight excluding hydrogens is 788 g/mol. The van der Waals surface area contributed by atoms with Crippen molar-refractivity contribution in [3.8, 4) is 0 Å². The third-order valence-electron chi connectivity index (χ3n) is 17.8. The second kappa shape index (κ2) is 14.5. The van der Waals surface area contributed by atoms with Crippen LogP contribution in [-0.4, -0.2) is 147 Å². The Morgan fingerprint density at radius 3 is 2.10 bits per heavy atom. The Morgan fingerprint density at radius 2 is 1.45 bits per heavy atom. The normalized spacial score (nSPS) is 54.7. The van der Waals surface area contributed by atoms with Gasteiger partial charge >= 0.3 is 17.9 Å². The SMILES string of the molecule is COC(=O)[C@H]1O[C@@H](O[C@H]2[C@H](OC3CC[C@@]4(C)C(CC[C@]5(C)[C@@H]4C(=O)C=C4C6C[C@]7(C)C[C@@H](OC7=O)C6(C)CC[C@]45C)[C@@]3(C)CO)O[C@H](C(=O)O)[C@@H](O)[C@H]2O)[C@H](O)[C@H](O)[C@@H]1O. The number of aliphatic hydroxyl groups is 6. The number of aliphatic hydroxyl groups excluding tert-OH is 6. The maximum absolute atomic E-state index is 14.9. The van der Waals surface area contributed by atoms with Crippen molar-refractivity contribution in [3.05, 3.63) is 11.6 Å². The number of ether oxygens (including phenoxy) is 6. The van der Waals surface area contributed by atoms with Crippen molar-refractivity contribution >= 4 is 23.7 Å². The minimum absolute atomic E-state index is 0.0134. The molecule has 336 valence electrons. The van der Waals surface area contributed by atoms with Crippen molar-refractivity contribution < 1.29 is 83.3 Å². The molecule has 0 aromatic carbocycles. The Balaban J connectivity index is 1.09. The Labute approximate surface area is 348 Å². The first kappa shape index (κ1) is 44.0. The summed E-state index contributed by atoms with van der Waals surface area (Å²) in [5, 5.41) is 75.3. The summed E-state index contributed by atoms with van der Waals surface area (Å²) in [5.41, 5.74) is -2.26. The van der Waals surface area contributed by atoms with E-state index in [9.17, 15) is 54.9 Å². The van der Waals surface area contributed by atoms with Crippen molar-refractivity contribution in [1.29, 1.82) is 0 Å². The summed E-state index contributed by atoms with van der Waals surface area (Å²) in [4.78, 5) is 52.7. The number of carbonyl (C=O) groups is 4. The van der Waals surface area contributed by atoms with Crippen LogP contribution in [0, 0.1) is 50.2 Å². The van der Waals surface area contributed by atoms with Gasteiger partial charge in [0.25, 0.3) is 0 Å². The van der Waals surface area contributed by atoms with E-state index in [1.165, 1.54) is 0 Å². The number of hydrogen-bond donors (Lipinski definition) is 7. The summed E-state index contributed by atoms with van der Waals surface area (Å²) >= 11 is 0. The highest BCUT2D eigenvalue weighted by atomic mass is 16.8. The molecule has 3 aliphatic heterocycles. The van der Waals surface area contributed by atoms with Crippen LogP contribution in [0.5, 0.6) is 0 Å². The number of rotatable bonds is 7. The van der Waals surface area contributed by atoms with E-state index in [1.54, 1.807) is 0 Å². The Hall–Kier alpha value is -2.58. The first-order valence-electron chi connectivity index (χ1n) is 21.4. The zero-order valence-corrected chi connectivity index (χ0v) is 35.3. The van der Waals surface area contributed by atoms with E-state index >= 15 is 0 Å². The molecule has 3 heterocycles. The number of esters is 2. The summed E-state index contributed by atoms with van der Waals surface area (Å²) < 4.78 is 34.3. The van der Waals surface area contributed by atoms with E-state index in [0.29, 0.717) is 32.1 Å². The van der Waals surface area contributed by atoms with Gasteiger partial charge in [-0.05, 0) is 86.0 Å². The lowest BCUT2D eigenvalue weighted by Gasteiger charge is -2.70. The zero-order chi connectivity index (χ0) is 43.9. The molecule has 21 atom stereocenters. The molecule has 2 bridgehead atoms. The molecule has 4 unspecified atom stereocenters. The maximum atomic E-state index is 14.9. The summed E-state index contributed by atoms with van der Waals surface area (Å²) in [6.07, 6.45) is -13.5. The number of hydrogen-bond acceptors (Lipinski definition) is 16. The molecule has 7 N–H and O–H groups in total. The van der Waals surface area contributed by atoms with Gasteiger partial charge in [-0.2, -0.15) is 0 Å². The van der Waals surface area contributed by atoms with Gasteiger partial charge < -0.3 is 64.2 Å². The fourth-order valence-electron chi connectivity index (χ4n) is 14.0. The molecule has 17 nitrogen and oxygen atoms in total. The zero-order valence-electron chi connectivity index (χ0n) is 35.3. The fourth-order valence-corrected chi connectivity index (χ4v) is 14.0. The highest BCUT2D eigenvalue weighted by molar-refractivity contribution is 5.96. The number of ketones is 1. The average molecular weight is 851 g/mol. The van der Waals surface area contributed by atoms with Gasteiger partial charge in [0, 0.05) is 23.2 Å². The predicted octanol–water partition coefficient (Wildman–Crippen LogP) is 0.757. The second-order valence-electron chi connectivity index (χ2n) is 20.8. The molecule has 8 aliphatic rings. The number of fused-ring (bicyclic) bond motifs is 10. The van der Waals surface area contributed by atoms with Crippen LogP contribution in [0.2, 0.25) is 0 Å². The van der Waals surface area contributed by atoms with E-state index in [1.807, 2.05) is 19.9 Å². The van der Waals surface area contributed by atoms with Crippen LogP contribution in [0.3, 0.4) is 0 Å². The number of carboxylic acid groups (broad SMARTS) is 1. The third-order valence-corrected chi connectivity index (χ3v) is 17.8. The number of carboxylic acids is 1. The van der Waals surface area contributed by atoms with Gasteiger partial charge in [-0.1, -0.05) is 40.2 Å². The largest absolute Gasteiger partial charge is 0.479 e. The van der Waals surface area contributed by atoms with Gasteiger partial charge in [0.15, 0.2) is 30.6 Å². The number of methoxy groups -OCH3 is 1. The Morgan fingerprint density at radius 1 is 0.783 bits per heavy atom. The number of carbonyl (C=O) groups excluding carboxylic acids is 3. The van der Waals surface area contributed by atoms with Crippen molar-refractivity contribution in [2.75, 3.05) is 13.7 Å². The smallest absolute Gasteiger partial charge is 0.337 e. The van der Waals surface area contributed by atoms with Crippen LogP contribution >= 0.6 is 0 Å². The van der Waals surface area contributed by atoms with E-state index in [-0.39, 0.29) is 46.9 Å². The van der Waals surface area contributed by atoms with Crippen molar-refractivity contribution in [1.82, 2.24) is 0 Å². The molecule has 0 aromatic rings. The molecule has 7 fully saturated rings. The van der Waals surface area contributed by atoms with Gasteiger partial charge in [-0.3, -0.25) is 9.59 Å². The molecule has 3 saturated heterocycles. The molecule has 8 rings (SSSR count). The lowest BCUT2D eigenvalue weighted by molar-refractivity contribution is -0.372. The van der Waals surface area contributed by atoms with Gasteiger partial charge in [-0.25, -0.2) is 9.59 Å². The molecule has 5 aliphatic carbocycles. The van der Waals surface area contributed by atoms with Crippen molar-refractivity contribution in [2.45, 2.75) is 167 Å². The standard InChI is InChI=1S/C43H62O17/c1-38-15-19-18-14-20(45)32-40(3)10-9-22(41(4,17-44)21(40)8-11-43(32,6)42(18,5)13-12-39(19,2)23(16-38)57-37(38)54)56-36-31(27(49)26(48)29(58-36)33(51)52)60-35-28(50)24(46)25(47)30(59-35)34(53)55-7/h14,19,21-32,35-36,44,46-50H,8-13,15-17H2,1-7H3,(H,51,52)/t19?,21?,22?,23-,24-,25+,26+,27-,28-,29+,30+,31-,32-,35+,36-,38-,39?,40+,41-,42-,43-/m1/s1. The molecule has 4 saturated carbocycles. The predicted molar refractivity (Wildman–Crippen MR) is 203 cm³/mol. The topological polar surface area (TPSA) is 265 Å². The summed E-state index contributed by atoms with van der Waals surface area (Å²) in [6, 6.07) is 0. The van der Waals surface area contributed by atoms with Crippen LogP contribution in [0.25, 0.3) is 0 Å². The summed E-state index contributed by atoms with van der Waals surface area (Å²) in [7, 11) is 1.01. The fraction of sp³-hybridized carbons (Fsp3) is 0.860. The van der Waals surface area contributed by atoms with Crippen LogP contribution in [-0.2, 0) is 47.6 Å². The van der Waals surface area contributed by atoms with E-state index in [2.05, 4.69) is 32.4 Å². The molecule has 0 radical (unpaired) electrons. The second-order valence-corrected chi connectivity index (χ2v) is 20.8. The van der Waals surface area contributed by atoms with Crippen LogP contribution in [0.15, 0.2) is 11.6 Å². The summed E-state index contributed by atoms with van der Waals surface area (Å²) in [5.74, 6) is -3.55. The molecular formula is C43H62O17. The van der Waals surface area contributed by atoms with Crippen molar-refractivity contribution in [3.63, 3.8) is 0 Å². The molecule has 60 heavy (non-hydrogen) atoms. The van der Waals surface area contributed by atoms with Crippen LogP contribution < -0.4 is 0 Å². The molecule has 17 heteroatoms. The number of allylic oxidation sites excluding steroid dienone is 2. The highest BCUT2D eigenvalue weighted by Crippen LogP contribution is 2.76. The van der Waals surface area contributed by atoms with Crippen molar-refractivity contribution in [2.24, 2.45) is 50.2 Å². The average Bonchev–Trinajstić information content (AvgIpc) is 3.46. The molecule has 0 amide bonds. The van der Waals surface area contributed by atoms with E-state index < -0.39 is 114 Å². The van der Waals surface area contributed by atoms with Crippen LogP contribution in [0.1, 0.15) is 92.9 Å². The van der Waals surface area contributed by atoms with Gasteiger partial charge in [0.1, 0.15) is 42.7 Å². The minimum atomic E-state index is -2.07. The summed E-state index contributed by atoms with van der Waals surface area (Å²) in [6.45, 7) is 12.3. The third kappa shape index (κ3) is 5.93. The lowest BCUT2D eigenvalue weighted by Crippen LogP contribution is -2.69. The molecule has 0 aromatic heterocycles.